The second kappa shape index (κ2) is 7.10. The van der Waals surface area contributed by atoms with Gasteiger partial charge in [-0.3, -0.25) is 9.69 Å². The Morgan fingerprint density at radius 2 is 2.10 bits per heavy atom. The second-order valence-corrected chi connectivity index (χ2v) is 7.04. The summed E-state index contributed by atoms with van der Waals surface area (Å²) in [7, 11) is 1.90. The molecule has 0 amide bonds. The van der Waals surface area contributed by atoms with Crippen LogP contribution in [0.15, 0.2) is 0 Å². The molecule has 0 aromatic carbocycles. The number of ether oxygens (including phenoxy) is 1. The summed E-state index contributed by atoms with van der Waals surface area (Å²) in [5.74, 6) is 0.827. The predicted octanol–water partition coefficient (Wildman–Crippen LogP) is 2.57. The Hall–Kier alpha value is -0.610. The standard InChI is InChI=1S/C17H32N2O2/c1-5-21-16(20)17(18-4)10-6-7-15(11-17)19(13(2)3)12-14-8-9-14/h13-15,18H,5-12H2,1-4H3. The quantitative estimate of drug-likeness (QED) is 0.733. The summed E-state index contributed by atoms with van der Waals surface area (Å²) in [5, 5.41) is 3.29. The van der Waals surface area contributed by atoms with Gasteiger partial charge in [-0.2, -0.15) is 0 Å². The highest BCUT2D eigenvalue weighted by Crippen LogP contribution is 2.36. The van der Waals surface area contributed by atoms with Gasteiger partial charge < -0.3 is 10.1 Å². The van der Waals surface area contributed by atoms with Gasteiger partial charge in [0.05, 0.1) is 6.61 Å². The van der Waals surface area contributed by atoms with Gasteiger partial charge in [0.1, 0.15) is 5.54 Å². The number of carbonyl (C=O) groups is 1. The van der Waals surface area contributed by atoms with E-state index in [0.717, 1.165) is 25.2 Å². The van der Waals surface area contributed by atoms with Crippen molar-refractivity contribution in [2.24, 2.45) is 5.92 Å². The maximum atomic E-state index is 12.4. The maximum absolute atomic E-state index is 12.4. The Bertz CT molecular complexity index is 355. The second-order valence-electron chi connectivity index (χ2n) is 7.04. The highest BCUT2D eigenvalue weighted by Gasteiger charge is 2.45. The van der Waals surface area contributed by atoms with Gasteiger partial charge in [0.25, 0.3) is 0 Å². The molecular formula is C17H32N2O2. The fraction of sp³-hybridized carbons (Fsp3) is 0.941. The number of nitrogens with zero attached hydrogens (tertiary/aromatic N) is 1. The summed E-state index contributed by atoms with van der Waals surface area (Å²) in [6.45, 7) is 8.10. The van der Waals surface area contributed by atoms with Crippen LogP contribution in [-0.2, 0) is 9.53 Å². The van der Waals surface area contributed by atoms with Gasteiger partial charge in [0, 0.05) is 18.6 Å². The molecule has 2 aliphatic carbocycles. The van der Waals surface area contributed by atoms with Crippen molar-refractivity contribution >= 4 is 5.97 Å². The van der Waals surface area contributed by atoms with Gasteiger partial charge in [-0.05, 0) is 72.3 Å². The molecule has 1 N–H and O–H groups in total. The molecular weight excluding hydrogens is 264 g/mol. The lowest BCUT2D eigenvalue weighted by Gasteiger charge is -2.44. The molecule has 0 heterocycles. The third-order valence-corrected chi connectivity index (χ3v) is 5.17. The molecule has 0 bridgehead atoms. The summed E-state index contributed by atoms with van der Waals surface area (Å²) >= 11 is 0. The minimum atomic E-state index is -0.477. The highest BCUT2D eigenvalue weighted by atomic mass is 16.5. The van der Waals surface area contributed by atoms with E-state index >= 15 is 0 Å². The van der Waals surface area contributed by atoms with Crippen molar-refractivity contribution in [1.82, 2.24) is 10.2 Å². The lowest BCUT2D eigenvalue weighted by Crippen LogP contribution is -2.58. The van der Waals surface area contributed by atoms with Gasteiger partial charge in [0.15, 0.2) is 0 Å². The molecule has 0 aromatic heterocycles. The van der Waals surface area contributed by atoms with E-state index in [1.54, 1.807) is 0 Å². The smallest absolute Gasteiger partial charge is 0.326 e. The van der Waals surface area contributed by atoms with E-state index in [1.165, 1.54) is 25.8 Å². The molecule has 2 rings (SSSR count). The third-order valence-electron chi connectivity index (χ3n) is 5.17. The molecule has 2 fully saturated rings. The van der Waals surface area contributed by atoms with E-state index in [9.17, 15) is 4.79 Å². The lowest BCUT2D eigenvalue weighted by molar-refractivity contribution is -0.153. The fourth-order valence-corrected chi connectivity index (χ4v) is 3.69. The molecule has 4 nitrogen and oxygen atoms in total. The van der Waals surface area contributed by atoms with Crippen LogP contribution in [0.3, 0.4) is 0 Å². The molecule has 0 aliphatic heterocycles. The summed E-state index contributed by atoms with van der Waals surface area (Å²) in [6, 6.07) is 1.04. The van der Waals surface area contributed by atoms with Crippen LogP contribution in [0.4, 0.5) is 0 Å². The number of hydrogen-bond donors (Lipinski definition) is 1. The van der Waals surface area contributed by atoms with Crippen molar-refractivity contribution in [2.45, 2.75) is 76.9 Å². The number of nitrogens with one attached hydrogen (secondary N) is 1. The van der Waals surface area contributed by atoms with Gasteiger partial charge in [-0.1, -0.05) is 0 Å². The summed E-state index contributed by atoms with van der Waals surface area (Å²) < 4.78 is 5.34. The summed E-state index contributed by atoms with van der Waals surface area (Å²) in [6.07, 6.45) is 6.84. The first-order chi connectivity index (χ1) is 10.0. The van der Waals surface area contributed by atoms with Crippen LogP contribution in [-0.4, -0.2) is 48.7 Å². The zero-order valence-electron chi connectivity index (χ0n) is 14.2. The first-order valence-corrected chi connectivity index (χ1v) is 8.64. The van der Waals surface area contributed by atoms with Crippen LogP contribution in [0, 0.1) is 5.92 Å². The molecule has 2 unspecified atom stereocenters. The topological polar surface area (TPSA) is 41.6 Å². The number of hydrogen-bond acceptors (Lipinski definition) is 4. The van der Waals surface area contributed by atoms with E-state index in [4.69, 9.17) is 4.74 Å². The van der Waals surface area contributed by atoms with Crippen LogP contribution in [0.5, 0.6) is 0 Å². The van der Waals surface area contributed by atoms with Crippen molar-refractivity contribution in [3.05, 3.63) is 0 Å². The van der Waals surface area contributed by atoms with Crippen LogP contribution in [0.25, 0.3) is 0 Å². The van der Waals surface area contributed by atoms with Crippen molar-refractivity contribution < 1.29 is 9.53 Å². The normalized spacial score (nSPS) is 29.9. The fourth-order valence-electron chi connectivity index (χ4n) is 3.69. The Labute approximate surface area is 129 Å². The summed E-state index contributed by atoms with van der Waals surface area (Å²) in [5.41, 5.74) is -0.477. The average Bonchev–Trinajstić information content (AvgIpc) is 3.28. The number of rotatable bonds is 7. The Balaban J connectivity index is 2.07. The molecule has 122 valence electrons. The maximum Gasteiger partial charge on any atom is 0.326 e. The monoisotopic (exact) mass is 296 g/mol. The molecule has 21 heavy (non-hydrogen) atoms. The third kappa shape index (κ3) is 3.98. The summed E-state index contributed by atoms with van der Waals surface area (Å²) in [4.78, 5) is 15.0. The lowest BCUT2D eigenvalue weighted by atomic mass is 9.78. The molecule has 4 heteroatoms. The Kier molecular flexibility index (Phi) is 5.67. The van der Waals surface area contributed by atoms with Gasteiger partial charge in [0.2, 0.25) is 0 Å². The van der Waals surface area contributed by atoms with Crippen LogP contribution in [0.1, 0.15) is 59.3 Å². The number of carbonyl (C=O) groups excluding carboxylic acids is 1. The zero-order valence-corrected chi connectivity index (χ0v) is 14.2. The largest absolute Gasteiger partial charge is 0.465 e. The van der Waals surface area contributed by atoms with E-state index in [1.807, 2.05) is 14.0 Å². The van der Waals surface area contributed by atoms with E-state index in [0.29, 0.717) is 18.7 Å². The van der Waals surface area contributed by atoms with E-state index < -0.39 is 5.54 Å². The predicted molar refractivity (Wildman–Crippen MR) is 85.2 cm³/mol. The zero-order chi connectivity index (χ0) is 15.5. The van der Waals surface area contributed by atoms with Crippen LogP contribution in [0.2, 0.25) is 0 Å². The Morgan fingerprint density at radius 1 is 1.38 bits per heavy atom. The van der Waals surface area contributed by atoms with Gasteiger partial charge in [-0.25, -0.2) is 0 Å². The van der Waals surface area contributed by atoms with Crippen molar-refractivity contribution in [2.75, 3.05) is 20.2 Å². The van der Waals surface area contributed by atoms with Gasteiger partial charge in [-0.15, -0.1) is 0 Å². The molecule has 0 aromatic rings. The number of esters is 1. The molecule has 2 saturated carbocycles. The van der Waals surface area contributed by atoms with Crippen LogP contribution >= 0.6 is 0 Å². The van der Waals surface area contributed by atoms with Crippen molar-refractivity contribution in [3.63, 3.8) is 0 Å². The first kappa shape index (κ1) is 16.8. The van der Waals surface area contributed by atoms with Crippen molar-refractivity contribution in [1.29, 1.82) is 0 Å². The minimum Gasteiger partial charge on any atom is -0.465 e. The van der Waals surface area contributed by atoms with Gasteiger partial charge >= 0.3 is 5.97 Å². The first-order valence-electron chi connectivity index (χ1n) is 8.64. The molecule has 0 radical (unpaired) electrons. The molecule has 2 atom stereocenters. The van der Waals surface area contributed by atoms with E-state index in [-0.39, 0.29) is 5.97 Å². The van der Waals surface area contributed by atoms with E-state index in [2.05, 4.69) is 24.1 Å². The minimum absolute atomic E-state index is 0.0627. The molecule has 2 aliphatic rings. The number of likely N-dealkylation sites (N-methyl/N-ethyl adjacent to an activating group) is 1. The molecule has 0 spiro atoms. The SMILES string of the molecule is CCOC(=O)C1(NC)CCCC(N(CC2CC2)C(C)C)C1. The molecule has 0 saturated heterocycles. The highest BCUT2D eigenvalue weighted by molar-refractivity contribution is 5.81. The average molecular weight is 296 g/mol. The Morgan fingerprint density at radius 3 is 2.62 bits per heavy atom. The van der Waals surface area contributed by atoms with Crippen LogP contribution < -0.4 is 5.32 Å². The van der Waals surface area contributed by atoms with Crippen molar-refractivity contribution in [3.8, 4) is 0 Å².